The number of methoxy groups -OCH3 is 1. The Morgan fingerprint density at radius 1 is 1.40 bits per heavy atom. The molecule has 0 spiro atoms. The molecule has 2 N–H and O–H groups in total. The number of anilines is 1. The zero-order valence-corrected chi connectivity index (χ0v) is 11.8. The van der Waals surface area contributed by atoms with Crippen LogP contribution in [0.5, 0.6) is 5.75 Å². The predicted molar refractivity (Wildman–Crippen MR) is 76.3 cm³/mol. The molecule has 20 heavy (non-hydrogen) atoms. The smallest absolute Gasteiger partial charge is 0.182 e. The van der Waals surface area contributed by atoms with Crippen LogP contribution in [0, 0.1) is 5.92 Å². The fourth-order valence-electron chi connectivity index (χ4n) is 2.63. The zero-order chi connectivity index (χ0) is 14.1. The second kappa shape index (κ2) is 5.11. The third-order valence-electron chi connectivity index (χ3n) is 4.20. The molecule has 106 valence electrons. The maximum atomic E-state index is 5.85. The van der Waals surface area contributed by atoms with Crippen LogP contribution in [0.4, 0.5) is 5.69 Å². The van der Waals surface area contributed by atoms with Crippen LogP contribution in [0.1, 0.15) is 32.2 Å². The molecule has 1 aliphatic carbocycles. The molecule has 0 bridgehead atoms. The first-order valence-electron chi connectivity index (χ1n) is 6.92. The summed E-state index contributed by atoms with van der Waals surface area (Å²) in [6.07, 6.45) is 3.82. The molecule has 0 amide bonds. The van der Waals surface area contributed by atoms with Gasteiger partial charge in [-0.15, -0.1) is 5.10 Å². The lowest BCUT2D eigenvalue weighted by Gasteiger charge is -2.31. The molecule has 1 fully saturated rings. The van der Waals surface area contributed by atoms with Crippen molar-refractivity contribution in [3.63, 3.8) is 0 Å². The minimum absolute atomic E-state index is 0.317. The van der Waals surface area contributed by atoms with Gasteiger partial charge in [-0.05, 0) is 54.3 Å². The molecule has 1 unspecified atom stereocenters. The molecule has 1 atom stereocenters. The van der Waals surface area contributed by atoms with E-state index in [1.807, 2.05) is 22.9 Å². The number of hydrogen-bond donors (Lipinski definition) is 1. The third-order valence-corrected chi connectivity index (χ3v) is 4.20. The van der Waals surface area contributed by atoms with Crippen molar-refractivity contribution in [1.29, 1.82) is 0 Å². The van der Waals surface area contributed by atoms with E-state index >= 15 is 0 Å². The highest BCUT2D eigenvalue weighted by Crippen LogP contribution is 2.37. The van der Waals surface area contributed by atoms with E-state index < -0.39 is 0 Å². The number of benzene rings is 1. The van der Waals surface area contributed by atoms with Crippen molar-refractivity contribution >= 4 is 5.69 Å². The number of tetrazole rings is 1. The molecule has 2 aromatic rings. The third kappa shape index (κ3) is 2.11. The number of ether oxygens (including phenoxy) is 1. The maximum Gasteiger partial charge on any atom is 0.182 e. The van der Waals surface area contributed by atoms with E-state index in [4.69, 9.17) is 10.5 Å². The van der Waals surface area contributed by atoms with Gasteiger partial charge in [-0.3, -0.25) is 0 Å². The number of nitrogens with zero attached hydrogens (tertiary/aromatic N) is 4. The highest BCUT2D eigenvalue weighted by Gasteiger charge is 2.28. The predicted octanol–water partition coefficient (Wildman–Crippen LogP) is 2.29. The van der Waals surface area contributed by atoms with Gasteiger partial charge in [0.15, 0.2) is 5.82 Å². The largest absolute Gasteiger partial charge is 0.495 e. The number of hydrogen-bond acceptors (Lipinski definition) is 5. The van der Waals surface area contributed by atoms with Gasteiger partial charge >= 0.3 is 0 Å². The Morgan fingerprint density at radius 2 is 2.20 bits per heavy atom. The fraction of sp³-hybridized carbons (Fsp3) is 0.500. The van der Waals surface area contributed by atoms with Crippen LogP contribution in [0.15, 0.2) is 18.2 Å². The highest BCUT2D eigenvalue weighted by molar-refractivity contribution is 5.65. The van der Waals surface area contributed by atoms with E-state index in [2.05, 4.69) is 22.4 Å². The van der Waals surface area contributed by atoms with Crippen LogP contribution >= 0.6 is 0 Å². The van der Waals surface area contributed by atoms with E-state index in [-0.39, 0.29) is 0 Å². The van der Waals surface area contributed by atoms with E-state index in [1.165, 1.54) is 19.3 Å². The van der Waals surface area contributed by atoms with Gasteiger partial charge in [0.25, 0.3) is 0 Å². The Bertz CT molecular complexity index is 605. The van der Waals surface area contributed by atoms with E-state index in [1.54, 1.807) is 7.11 Å². The van der Waals surface area contributed by atoms with Crippen molar-refractivity contribution in [2.45, 2.75) is 32.2 Å². The first kappa shape index (κ1) is 12.9. The van der Waals surface area contributed by atoms with Crippen LogP contribution < -0.4 is 10.5 Å². The highest BCUT2D eigenvalue weighted by atomic mass is 16.5. The molecule has 0 saturated heterocycles. The van der Waals surface area contributed by atoms with Crippen LogP contribution in [0.3, 0.4) is 0 Å². The molecule has 1 aliphatic rings. The van der Waals surface area contributed by atoms with Crippen LogP contribution in [-0.4, -0.2) is 27.3 Å². The molecular weight excluding hydrogens is 254 g/mol. The summed E-state index contributed by atoms with van der Waals surface area (Å²) in [6.45, 7) is 2.18. The van der Waals surface area contributed by atoms with E-state index in [0.29, 0.717) is 23.4 Å². The molecule has 0 radical (unpaired) electrons. The summed E-state index contributed by atoms with van der Waals surface area (Å²) >= 11 is 0. The number of aromatic nitrogens is 4. The van der Waals surface area contributed by atoms with Gasteiger partial charge < -0.3 is 10.5 Å². The molecule has 1 heterocycles. The first-order valence-corrected chi connectivity index (χ1v) is 6.92. The Kier molecular flexibility index (Phi) is 3.30. The summed E-state index contributed by atoms with van der Waals surface area (Å²) < 4.78 is 7.17. The minimum atomic E-state index is 0.317. The second-order valence-corrected chi connectivity index (χ2v) is 5.34. The topological polar surface area (TPSA) is 78.9 Å². The number of nitrogens with two attached hydrogens (primary N) is 1. The average molecular weight is 273 g/mol. The Morgan fingerprint density at radius 3 is 2.85 bits per heavy atom. The molecular formula is C14H19N5O. The zero-order valence-electron chi connectivity index (χ0n) is 11.8. The van der Waals surface area contributed by atoms with Gasteiger partial charge in [0, 0.05) is 5.56 Å². The average Bonchev–Trinajstić information content (AvgIpc) is 2.86. The van der Waals surface area contributed by atoms with Crippen molar-refractivity contribution in [1.82, 2.24) is 20.2 Å². The van der Waals surface area contributed by atoms with Gasteiger partial charge in [0.2, 0.25) is 0 Å². The standard InChI is InChI=1S/C14H19N5O/c1-9(10-4-3-5-10)19-14(16-17-18-19)11-6-7-12(15)13(8-11)20-2/h6-10H,3-5,15H2,1-2H3. The molecule has 6 heteroatoms. The van der Waals surface area contributed by atoms with Gasteiger partial charge in [0.1, 0.15) is 5.75 Å². The fourth-order valence-corrected chi connectivity index (χ4v) is 2.63. The minimum Gasteiger partial charge on any atom is -0.495 e. The van der Waals surface area contributed by atoms with Gasteiger partial charge in [-0.1, -0.05) is 6.42 Å². The van der Waals surface area contributed by atoms with Crippen LogP contribution in [0.2, 0.25) is 0 Å². The van der Waals surface area contributed by atoms with Gasteiger partial charge in [-0.25, -0.2) is 4.68 Å². The lowest BCUT2D eigenvalue weighted by molar-refractivity contribution is 0.210. The van der Waals surface area contributed by atoms with Crippen LogP contribution in [-0.2, 0) is 0 Å². The molecule has 1 aromatic heterocycles. The first-order chi connectivity index (χ1) is 9.70. The summed E-state index contributed by atoms with van der Waals surface area (Å²) in [6, 6.07) is 5.94. The molecule has 3 rings (SSSR count). The Balaban J connectivity index is 1.96. The summed E-state index contributed by atoms with van der Waals surface area (Å²) in [4.78, 5) is 0. The van der Waals surface area contributed by atoms with E-state index in [0.717, 1.165) is 11.4 Å². The SMILES string of the molecule is COc1cc(-c2nnnn2C(C)C2CCC2)ccc1N. The van der Waals surface area contributed by atoms with Crippen molar-refractivity contribution in [2.75, 3.05) is 12.8 Å². The van der Waals surface area contributed by atoms with Crippen molar-refractivity contribution < 1.29 is 4.74 Å². The second-order valence-electron chi connectivity index (χ2n) is 5.34. The maximum absolute atomic E-state index is 5.85. The lowest BCUT2D eigenvalue weighted by Crippen LogP contribution is -2.24. The Labute approximate surface area is 117 Å². The van der Waals surface area contributed by atoms with Crippen molar-refractivity contribution in [2.24, 2.45) is 5.92 Å². The van der Waals surface area contributed by atoms with Crippen molar-refractivity contribution in [3.05, 3.63) is 18.2 Å². The summed E-state index contributed by atoms with van der Waals surface area (Å²) in [7, 11) is 1.61. The van der Waals surface area contributed by atoms with E-state index in [9.17, 15) is 0 Å². The Hall–Kier alpha value is -2.11. The molecule has 6 nitrogen and oxygen atoms in total. The number of nitrogen functional groups attached to an aromatic ring is 1. The van der Waals surface area contributed by atoms with Crippen LogP contribution in [0.25, 0.3) is 11.4 Å². The summed E-state index contributed by atoms with van der Waals surface area (Å²) in [5.74, 6) is 2.09. The summed E-state index contributed by atoms with van der Waals surface area (Å²) in [5, 5.41) is 12.1. The number of rotatable bonds is 4. The molecule has 1 saturated carbocycles. The quantitative estimate of drug-likeness (QED) is 0.865. The molecule has 1 aromatic carbocycles. The lowest BCUT2D eigenvalue weighted by atomic mass is 9.80. The summed E-state index contributed by atoms with van der Waals surface area (Å²) in [5.41, 5.74) is 7.38. The van der Waals surface area contributed by atoms with Gasteiger partial charge in [0.05, 0.1) is 18.8 Å². The molecule has 0 aliphatic heterocycles. The van der Waals surface area contributed by atoms with Gasteiger partial charge in [-0.2, -0.15) is 0 Å². The monoisotopic (exact) mass is 273 g/mol. The normalized spacial score (nSPS) is 16.7. The van der Waals surface area contributed by atoms with Crippen molar-refractivity contribution in [3.8, 4) is 17.1 Å².